The van der Waals surface area contributed by atoms with Crippen molar-refractivity contribution in [1.29, 1.82) is 0 Å². The average Bonchev–Trinajstić information content (AvgIpc) is 2.62. The number of aryl methyl sites for hydroxylation is 3. The van der Waals surface area contributed by atoms with Gasteiger partial charge >= 0.3 is 0 Å². The maximum absolute atomic E-state index is 3.44. The molecule has 17 heavy (non-hydrogen) atoms. The van der Waals surface area contributed by atoms with Crippen LogP contribution in [0.5, 0.6) is 0 Å². The van der Waals surface area contributed by atoms with Crippen molar-refractivity contribution in [1.82, 2.24) is 5.32 Å². The summed E-state index contributed by atoms with van der Waals surface area (Å²) in [6, 6.07) is 11.2. The van der Waals surface area contributed by atoms with Gasteiger partial charge in [0, 0.05) is 9.75 Å². The van der Waals surface area contributed by atoms with E-state index < -0.39 is 0 Å². The van der Waals surface area contributed by atoms with E-state index in [0.717, 1.165) is 0 Å². The molecule has 0 bridgehead atoms. The SMILES string of the molecule is CNC(c1ccccc1C)c1sc(C)cc1C. The largest absolute Gasteiger partial charge is 0.309 e. The first kappa shape index (κ1) is 12.3. The molecule has 1 heterocycles. The number of rotatable bonds is 3. The van der Waals surface area contributed by atoms with Crippen LogP contribution in [0.25, 0.3) is 0 Å². The third-order valence-electron chi connectivity index (χ3n) is 3.13. The Kier molecular flexibility index (Phi) is 3.65. The minimum atomic E-state index is 0.315. The van der Waals surface area contributed by atoms with E-state index in [1.807, 2.05) is 18.4 Å². The Bertz CT molecular complexity index is 513. The molecule has 0 saturated carbocycles. The average molecular weight is 245 g/mol. The predicted octanol–water partition coefficient (Wildman–Crippen LogP) is 3.98. The molecule has 1 atom stereocenters. The molecule has 1 nitrogen and oxygen atoms in total. The van der Waals surface area contributed by atoms with Gasteiger partial charge in [0.05, 0.1) is 6.04 Å². The Morgan fingerprint density at radius 3 is 2.29 bits per heavy atom. The van der Waals surface area contributed by atoms with Gasteiger partial charge in [0.15, 0.2) is 0 Å². The second-order valence-corrected chi connectivity index (χ2v) is 5.77. The quantitative estimate of drug-likeness (QED) is 0.862. The zero-order valence-electron chi connectivity index (χ0n) is 10.9. The normalized spacial score (nSPS) is 12.7. The van der Waals surface area contributed by atoms with E-state index in [1.165, 1.54) is 26.4 Å². The van der Waals surface area contributed by atoms with Gasteiger partial charge in [-0.25, -0.2) is 0 Å². The van der Waals surface area contributed by atoms with Crippen molar-refractivity contribution in [2.45, 2.75) is 26.8 Å². The smallest absolute Gasteiger partial charge is 0.0673 e. The van der Waals surface area contributed by atoms with Crippen molar-refractivity contribution in [3.05, 3.63) is 56.8 Å². The number of nitrogens with one attached hydrogen (secondary N) is 1. The third kappa shape index (κ3) is 2.43. The maximum Gasteiger partial charge on any atom is 0.0673 e. The summed E-state index contributed by atoms with van der Waals surface area (Å²) >= 11 is 1.89. The Hall–Kier alpha value is -1.12. The zero-order chi connectivity index (χ0) is 12.4. The molecule has 1 N–H and O–H groups in total. The first-order chi connectivity index (χ1) is 8.13. The molecule has 0 spiro atoms. The standard InChI is InChI=1S/C15H19NS/c1-10-7-5-6-8-13(10)14(16-4)15-11(2)9-12(3)17-15/h5-9,14,16H,1-4H3. The lowest BCUT2D eigenvalue weighted by Crippen LogP contribution is -2.18. The van der Waals surface area contributed by atoms with Crippen molar-refractivity contribution in [2.75, 3.05) is 7.05 Å². The molecular weight excluding hydrogens is 226 g/mol. The van der Waals surface area contributed by atoms with Crippen molar-refractivity contribution in [3.63, 3.8) is 0 Å². The third-order valence-corrected chi connectivity index (χ3v) is 4.35. The fourth-order valence-electron chi connectivity index (χ4n) is 2.28. The van der Waals surface area contributed by atoms with Crippen LogP contribution >= 0.6 is 11.3 Å². The van der Waals surface area contributed by atoms with Gasteiger partial charge in [-0.05, 0) is 50.6 Å². The van der Waals surface area contributed by atoms with Crippen LogP contribution in [0, 0.1) is 20.8 Å². The van der Waals surface area contributed by atoms with Crippen molar-refractivity contribution in [3.8, 4) is 0 Å². The van der Waals surface area contributed by atoms with Crippen LogP contribution in [0.4, 0.5) is 0 Å². The molecule has 2 rings (SSSR count). The molecule has 90 valence electrons. The molecule has 0 saturated heterocycles. The summed E-state index contributed by atoms with van der Waals surface area (Å²) in [5.74, 6) is 0. The summed E-state index contributed by atoms with van der Waals surface area (Å²) in [6.45, 7) is 6.54. The number of hydrogen-bond acceptors (Lipinski definition) is 2. The summed E-state index contributed by atoms with van der Waals surface area (Å²) in [5.41, 5.74) is 4.10. The molecular formula is C15H19NS. The lowest BCUT2D eigenvalue weighted by Gasteiger charge is -2.18. The highest BCUT2D eigenvalue weighted by Gasteiger charge is 2.17. The summed E-state index contributed by atoms with van der Waals surface area (Å²) in [4.78, 5) is 2.81. The minimum Gasteiger partial charge on any atom is -0.309 e. The predicted molar refractivity (Wildman–Crippen MR) is 75.9 cm³/mol. The maximum atomic E-state index is 3.44. The van der Waals surface area contributed by atoms with Gasteiger partial charge in [0.25, 0.3) is 0 Å². The summed E-state index contributed by atoms with van der Waals surface area (Å²) in [6.07, 6.45) is 0. The minimum absolute atomic E-state index is 0.315. The fraction of sp³-hybridized carbons (Fsp3) is 0.333. The number of thiophene rings is 1. The molecule has 1 aromatic carbocycles. The molecule has 0 amide bonds. The number of benzene rings is 1. The second-order valence-electron chi connectivity index (χ2n) is 4.48. The van der Waals surface area contributed by atoms with Crippen LogP contribution in [0.15, 0.2) is 30.3 Å². The van der Waals surface area contributed by atoms with Gasteiger partial charge in [-0.1, -0.05) is 24.3 Å². The summed E-state index contributed by atoms with van der Waals surface area (Å²) in [7, 11) is 2.03. The molecule has 1 aromatic heterocycles. The molecule has 1 unspecified atom stereocenters. The van der Waals surface area contributed by atoms with Crippen LogP contribution in [0.3, 0.4) is 0 Å². The van der Waals surface area contributed by atoms with Crippen LogP contribution < -0.4 is 5.32 Å². The van der Waals surface area contributed by atoms with Crippen molar-refractivity contribution in [2.24, 2.45) is 0 Å². The van der Waals surface area contributed by atoms with Crippen LogP contribution in [-0.2, 0) is 0 Å². The molecule has 0 aliphatic heterocycles. The van der Waals surface area contributed by atoms with E-state index in [0.29, 0.717) is 6.04 Å². The van der Waals surface area contributed by atoms with Crippen LogP contribution in [0.2, 0.25) is 0 Å². The Labute approximate surface area is 108 Å². The molecule has 2 aromatic rings. The van der Waals surface area contributed by atoms with Crippen LogP contribution in [0.1, 0.15) is 32.5 Å². The molecule has 0 aliphatic carbocycles. The lowest BCUT2D eigenvalue weighted by atomic mass is 9.98. The zero-order valence-corrected chi connectivity index (χ0v) is 11.7. The van der Waals surface area contributed by atoms with E-state index in [9.17, 15) is 0 Å². The summed E-state index contributed by atoms with van der Waals surface area (Å²) in [5, 5.41) is 3.44. The topological polar surface area (TPSA) is 12.0 Å². The monoisotopic (exact) mass is 245 g/mol. The summed E-state index contributed by atoms with van der Waals surface area (Å²) < 4.78 is 0. The first-order valence-electron chi connectivity index (χ1n) is 5.93. The van der Waals surface area contributed by atoms with E-state index in [-0.39, 0.29) is 0 Å². The van der Waals surface area contributed by atoms with E-state index in [2.05, 4.69) is 56.4 Å². The number of hydrogen-bond donors (Lipinski definition) is 1. The van der Waals surface area contributed by atoms with Crippen molar-refractivity contribution < 1.29 is 0 Å². The van der Waals surface area contributed by atoms with Gasteiger partial charge < -0.3 is 5.32 Å². The van der Waals surface area contributed by atoms with Crippen molar-refractivity contribution >= 4 is 11.3 Å². The molecule has 0 radical (unpaired) electrons. The van der Waals surface area contributed by atoms with Gasteiger partial charge in [-0.15, -0.1) is 11.3 Å². The van der Waals surface area contributed by atoms with Gasteiger partial charge in [0.2, 0.25) is 0 Å². The fourth-order valence-corrected chi connectivity index (χ4v) is 3.45. The van der Waals surface area contributed by atoms with Gasteiger partial charge in [-0.2, -0.15) is 0 Å². The highest BCUT2D eigenvalue weighted by Crippen LogP contribution is 2.32. The van der Waals surface area contributed by atoms with Gasteiger partial charge in [0.1, 0.15) is 0 Å². The molecule has 0 aliphatic rings. The Morgan fingerprint density at radius 1 is 1.06 bits per heavy atom. The first-order valence-corrected chi connectivity index (χ1v) is 6.75. The molecule has 0 fully saturated rings. The highest BCUT2D eigenvalue weighted by atomic mass is 32.1. The lowest BCUT2D eigenvalue weighted by molar-refractivity contribution is 0.696. The van der Waals surface area contributed by atoms with E-state index >= 15 is 0 Å². The second kappa shape index (κ2) is 5.03. The Balaban J connectivity index is 2.47. The van der Waals surface area contributed by atoms with E-state index in [4.69, 9.17) is 0 Å². The van der Waals surface area contributed by atoms with Crippen LogP contribution in [-0.4, -0.2) is 7.05 Å². The Morgan fingerprint density at radius 2 is 1.76 bits per heavy atom. The molecule has 2 heteroatoms. The highest BCUT2D eigenvalue weighted by molar-refractivity contribution is 7.12. The van der Waals surface area contributed by atoms with E-state index in [1.54, 1.807) is 0 Å². The van der Waals surface area contributed by atoms with Gasteiger partial charge in [-0.3, -0.25) is 0 Å².